The van der Waals surface area contributed by atoms with E-state index >= 15 is 0 Å². The van der Waals surface area contributed by atoms with Crippen LogP contribution in [0.15, 0.2) is 46.3 Å². The zero-order valence-corrected chi connectivity index (χ0v) is 20.2. The summed E-state index contributed by atoms with van der Waals surface area (Å²) in [6.07, 6.45) is 5.08. The number of imide groups is 1. The third-order valence-corrected chi connectivity index (χ3v) is 7.01. The molecule has 4 rings (SSSR count). The number of amides is 2. The number of nitrogens with zero attached hydrogens (tertiary/aromatic N) is 2. The summed E-state index contributed by atoms with van der Waals surface area (Å²) in [6.45, 7) is 0.992. The molecule has 4 N–H and O–H groups in total. The molecule has 2 bridgehead atoms. The van der Waals surface area contributed by atoms with E-state index in [1.807, 2.05) is 0 Å². The van der Waals surface area contributed by atoms with Crippen molar-refractivity contribution in [3.8, 4) is 0 Å². The summed E-state index contributed by atoms with van der Waals surface area (Å²) in [5, 5.41) is 11.3. The first-order chi connectivity index (χ1) is 14.3. The molecule has 0 spiro atoms. The molecular formula is C20H26IN5O4S. The molecule has 3 aliphatic rings. The van der Waals surface area contributed by atoms with Crippen LogP contribution in [0.2, 0.25) is 0 Å². The molecule has 11 heteroatoms. The molecular weight excluding hydrogens is 533 g/mol. The molecule has 168 valence electrons. The van der Waals surface area contributed by atoms with Crippen molar-refractivity contribution in [2.45, 2.75) is 17.9 Å². The second-order valence-electron chi connectivity index (χ2n) is 7.87. The molecule has 1 aromatic rings. The highest BCUT2D eigenvalue weighted by Crippen LogP contribution is 2.52. The lowest BCUT2D eigenvalue weighted by Gasteiger charge is -2.18. The van der Waals surface area contributed by atoms with E-state index in [0.29, 0.717) is 19.0 Å². The second kappa shape index (κ2) is 9.25. The lowest BCUT2D eigenvalue weighted by Crippen LogP contribution is -2.43. The monoisotopic (exact) mass is 559 g/mol. The van der Waals surface area contributed by atoms with Crippen molar-refractivity contribution in [3.63, 3.8) is 0 Å². The fourth-order valence-electron chi connectivity index (χ4n) is 4.71. The Morgan fingerprint density at radius 3 is 2.39 bits per heavy atom. The maximum Gasteiger partial charge on any atom is 0.238 e. The van der Waals surface area contributed by atoms with Crippen molar-refractivity contribution in [2.24, 2.45) is 33.8 Å². The maximum atomic E-state index is 12.7. The van der Waals surface area contributed by atoms with Gasteiger partial charge in [0.05, 0.1) is 16.7 Å². The van der Waals surface area contributed by atoms with Crippen molar-refractivity contribution in [2.75, 3.05) is 20.1 Å². The Morgan fingerprint density at radius 2 is 1.81 bits per heavy atom. The topological polar surface area (TPSA) is 134 Å². The Hall–Kier alpha value is -1.99. The van der Waals surface area contributed by atoms with Crippen LogP contribution in [0.5, 0.6) is 0 Å². The van der Waals surface area contributed by atoms with E-state index in [9.17, 15) is 18.0 Å². The number of sulfonamides is 1. The Morgan fingerprint density at radius 1 is 1.16 bits per heavy atom. The van der Waals surface area contributed by atoms with Gasteiger partial charge in [0.2, 0.25) is 21.8 Å². The van der Waals surface area contributed by atoms with Gasteiger partial charge in [0, 0.05) is 26.7 Å². The zero-order valence-electron chi connectivity index (χ0n) is 17.0. The van der Waals surface area contributed by atoms with Gasteiger partial charge in [-0.25, -0.2) is 13.6 Å². The molecule has 0 radical (unpaired) electrons. The lowest BCUT2D eigenvalue weighted by molar-refractivity contribution is -0.140. The Balaban J connectivity index is 0.00000272. The molecule has 1 aromatic carbocycles. The number of hydrogen-bond acceptors (Lipinski definition) is 5. The van der Waals surface area contributed by atoms with E-state index in [0.717, 1.165) is 12.0 Å². The summed E-state index contributed by atoms with van der Waals surface area (Å²) in [7, 11) is -2.15. The summed E-state index contributed by atoms with van der Waals surface area (Å²) < 4.78 is 22.9. The molecule has 1 aliphatic heterocycles. The van der Waals surface area contributed by atoms with Crippen molar-refractivity contribution >= 4 is 51.8 Å². The van der Waals surface area contributed by atoms with E-state index in [-0.39, 0.29) is 70.9 Å². The number of likely N-dealkylation sites (tertiary alicyclic amines) is 1. The number of hydrogen-bond donors (Lipinski definition) is 3. The molecule has 1 saturated heterocycles. The smallest absolute Gasteiger partial charge is 0.238 e. The fourth-order valence-corrected chi connectivity index (χ4v) is 5.29. The van der Waals surface area contributed by atoms with Gasteiger partial charge < -0.3 is 10.6 Å². The molecule has 0 aromatic heterocycles. The number of aliphatic imine (C=N–C) groups is 1. The van der Waals surface area contributed by atoms with Crippen LogP contribution in [-0.4, -0.2) is 51.2 Å². The molecule has 2 aliphatic carbocycles. The normalized spacial score (nSPS) is 26.8. The van der Waals surface area contributed by atoms with E-state index in [1.54, 1.807) is 19.2 Å². The fraction of sp³-hybridized carbons (Fsp3) is 0.450. The number of primary sulfonamides is 1. The van der Waals surface area contributed by atoms with E-state index in [1.165, 1.54) is 17.0 Å². The van der Waals surface area contributed by atoms with Gasteiger partial charge in [0.1, 0.15) is 0 Å². The number of rotatable bonds is 6. The number of nitrogens with one attached hydrogen (secondary N) is 2. The minimum absolute atomic E-state index is 0. The first-order valence-electron chi connectivity index (χ1n) is 9.89. The van der Waals surface area contributed by atoms with Crippen molar-refractivity contribution < 1.29 is 18.0 Å². The minimum Gasteiger partial charge on any atom is -0.355 e. The van der Waals surface area contributed by atoms with E-state index in [2.05, 4.69) is 27.8 Å². The molecule has 2 amide bonds. The predicted octanol–water partition coefficient (Wildman–Crippen LogP) is 0.424. The summed E-state index contributed by atoms with van der Waals surface area (Å²) in [6, 6.07) is 6.33. The number of carbonyl (C=O) groups is 2. The van der Waals surface area contributed by atoms with Gasteiger partial charge in [-0.15, -0.1) is 24.0 Å². The largest absolute Gasteiger partial charge is 0.355 e. The zero-order chi connectivity index (χ0) is 21.5. The van der Waals surface area contributed by atoms with E-state index < -0.39 is 10.0 Å². The van der Waals surface area contributed by atoms with Crippen LogP contribution in [0.25, 0.3) is 0 Å². The number of allylic oxidation sites excluding steroid dienone is 2. The number of benzene rings is 1. The first-order valence-corrected chi connectivity index (χ1v) is 11.4. The van der Waals surface area contributed by atoms with Crippen LogP contribution in [0, 0.1) is 23.7 Å². The Bertz CT molecular complexity index is 1010. The molecule has 1 saturated carbocycles. The van der Waals surface area contributed by atoms with Crippen LogP contribution in [0.4, 0.5) is 0 Å². The number of carbonyl (C=O) groups excluding carboxylic acids is 2. The third-order valence-electron chi connectivity index (χ3n) is 6.10. The van der Waals surface area contributed by atoms with Crippen LogP contribution in [-0.2, 0) is 26.2 Å². The number of guanidine groups is 1. The highest BCUT2D eigenvalue weighted by atomic mass is 127. The summed E-state index contributed by atoms with van der Waals surface area (Å²) in [4.78, 5) is 30.9. The van der Waals surface area contributed by atoms with Gasteiger partial charge in [0.25, 0.3) is 0 Å². The molecule has 31 heavy (non-hydrogen) atoms. The molecule has 2 fully saturated rings. The minimum atomic E-state index is -3.76. The van der Waals surface area contributed by atoms with Gasteiger partial charge in [0.15, 0.2) is 5.96 Å². The number of nitrogens with two attached hydrogens (primary N) is 1. The predicted molar refractivity (Wildman–Crippen MR) is 126 cm³/mol. The van der Waals surface area contributed by atoms with Gasteiger partial charge in [-0.3, -0.25) is 19.5 Å². The Labute approximate surface area is 198 Å². The average molecular weight is 559 g/mol. The molecule has 9 nitrogen and oxygen atoms in total. The highest BCUT2D eigenvalue weighted by molar-refractivity contribution is 14.0. The van der Waals surface area contributed by atoms with Gasteiger partial charge in [-0.1, -0.05) is 24.3 Å². The van der Waals surface area contributed by atoms with Gasteiger partial charge in [-0.05, 0) is 36.0 Å². The van der Waals surface area contributed by atoms with Crippen LogP contribution < -0.4 is 15.8 Å². The lowest BCUT2D eigenvalue weighted by atomic mass is 9.85. The summed E-state index contributed by atoms with van der Waals surface area (Å²) in [5.74, 6) is 0.399. The highest BCUT2D eigenvalue weighted by Gasteiger charge is 2.58. The number of halogens is 1. The second-order valence-corrected chi connectivity index (χ2v) is 9.43. The van der Waals surface area contributed by atoms with Crippen molar-refractivity contribution in [1.29, 1.82) is 0 Å². The average Bonchev–Trinajstić information content (AvgIpc) is 3.39. The summed E-state index contributed by atoms with van der Waals surface area (Å²) >= 11 is 0. The van der Waals surface area contributed by atoms with Gasteiger partial charge in [-0.2, -0.15) is 0 Å². The quantitative estimate of drug-likeness (QED) is 0.152. The standard InChI is InChI=1S/C20H25N5O4S.HI/c1-22-20(24-11-12-3-2-4-15(9-12)30(21,28)29)23-7-8-25-18(26)16-13-5-6-14(10-13)17(16)19(25)27;/h2-6,9,13-14,16-17H,7-8,10-11H2,1H3,(H2,21,28,29)(H2,22,23,24);1H. The van der Waals surface area contributed by atoms with Crippen LogP contribution >= 0.6 is 24.0 Å². The van der Waals surface area contributed by atoms with Crippen LogP contribution in [0.3, 0.4) is 0 Å². The number of fused-ring (bicyclic) bond motifs is 5. The maximum absolute atomic E-state index is 12.7. The molecule has 4 atom stereocenters. The van der Waals surface area contributed by atoms with Crippen molar-refractivity contribution in [3.05, 3.63) is 42.0 Å². The SMILES string of the molecule is CN=C(NCCN1C(=O)C2C3C=CC(C3)C2C1=O)NCc1cccc(S(N)(=O)=O)c1.I. The third kappa shape index (κ3) is 4.62. The molecule has 1 heterocycles. The molecule has 4 unspecified atom stereocenters. The van der Waals surface area contributed by atoms with Crippen LogP contribution in [0.1, 0.15) is 12.0 Å². The van der Waals surface area contributed by atoms with Gasteiger partial charge >= 0.3 is 0 Å². The first kappa shape index (κ1) is 23.7. The van der Waals surface area contributed by atoms with E-state index in [4.69, 9.17) is 5.14 Å². The van der Waals surface area contributed by atoms with Crippen molar-refractivity contribution in [1.82, 2.24) is 15.5 Å². The Kier molecular flexibility index (Phi) is 7.06. The summed E-state index contributed by atoms with van der Waals surface area (Å²) in [5.41, 5.74) is 0.727.